The molecule has 0 saturated carbocycles. The Labute approximate surface area is 160 Å². The molecule has 0 aromatic heterocycles. The summed E-state index contributed by atoms with van der Waals surface area (Å²) < 4.78 is 22.2. The molecule has 0 fully saturated rings. The molecule has 5 nitrogen and oxygen atoms in total. The minimum atomic E-state index is -0.614. The molecular weight excluding hydrogens is 344 g/mol. The Morgan fingerprint density at radius 2 is 1.52 bits per heavy atom. The summed E-state index contributed by atoms with van der Waals surface area (Å²) in [5, 5.41) is 0. The van der Waals surface area contributed by atoms with Crippen molar-refractivity contribution in [3.63, 3.8) is 0 Å². The van der Waals surface area contributed by atoms with Crippen molar-refractivity contribution in [2.24, 2.45) is 0 Å². The molecule has 0 bridgehead atoms. The number of esters is 1. The van der Waals surface area contributed by atoms with Crippen molar-refractivity contribution in [3.8, 4) is 23.0 Å². The average molecular weight is 370 g/mol. The molecule has 27 heavy (non-hydrogen) atoms. The third-order valence-corrected chi connectivity index (χ3v) is 4.86. The number of carbonyl (C=O) groups excluding carboxylic acids is 1. The summed E-state index contributed by atoms with van der Waals surface area (Å²) in [6, 6.07) is 7.59. The molecule has 0 radical (unpaired) electrons. The van der Waals surface area contributed by atoms with E-state index in [0.717, 1.165) is 16.7 Å². The van der Waals surface area contributed by atoms with Gasteiger partial charge in [0.1, 0.15) is 28.9 Å². The second-order valence-electron chi connectivity index (χ2n) is 7.78. The molecule has 1 unspecified atom stereocenters. The minimum absolute atomic E-state index is 0.153. The van der Waals surface area contributed by atoms with Gasteiger partial charge in [-0.05, 0) is 12.3 Å². The summed E-state index contributed by atoms with van der Waals surface area (Å²) in [6.45, 7) is 8.35. The highest BCUT2D eigenvalue weighted by molar-refractivity contribution is 5.92. The molecule has 0 amide bonds. The smallest absolute Gasteiger partial charge is 0.323 e. The Morgan fingerprint density at radius 1 is 0.926 bits per heavy atom. The fourth-order valence-electron chi connectivity index (χ4n) is 3.56. The van der Waals surface area contributed by atoms with Gasteiger partial charge in [0.25, 0.3) is 0 Å². The molecular formula is C22H26O5. The number of hydrogen-bond donors (Lipinski definition) is 0. The summed E-state index contributed by atoms with van der Waals surface area (Å²) in [4.78, 5) is 12.9. The molecule has 0 N–H and O–H groups in total. The van der Waals surface area contributed by atoms with Crippen molar-refractivity contribution in [3.05, 3.63) is 46.5 Å². The van der Waals surface area contributed by atoms with Gasteiger partial charge in [0.05, 0.1) is 26.9 Å². The van der Waals surface area contributed by atoms with Crippen LogP contribution in [0.2, 0.25) is 0 Å². The Bertz CT molecular complexity index is 867. The van der Waals surface area contributed by atoms with E-state index in [0.29, 0.717) is 28.6 Å². The topological polar surface area (TPSA) is 54.0 Å². The zero-order valence-electron chi connectivity index (χ0n) is 16.9. The molecule has 0 aliphatic carbocycles. The third-order valence-electron chi connectivity index (χ3n) is 4.86. The normalized spacial score (nSPS) is 16.0. The Hall–Kier alpha value is -2.69. The molecule has 1 aliphatic rings. The lowest BCUT2D eigenvalue weighted by Crippen LogP contribution is -2.14. The van der Waals surface area contributed by atoms with Crippen LogP contribution in [0.15, 0.2) is 24.3 Å². The fraction of sp³-hybridized carbons (Fsp3) is 0.409. The highest BCUT2D eigenvalue weighted by atomic mass is 16.5. The SMILES string of the molecule is COc1cc(OC)c(C2C(=O)Oc3c2cc(C)cc3C(C)(C)C)c(OC)c1. The maximum atomic E-state index is 12.9. The van der Waals surface area contributed by atoms with Crippen molar-refractivity contribution < 1.29 is 23.7 Å². The molecule has 1 heterocycles. The van der Waals surface area contributed by atoms with E-state index in [-0.39, 0.29) is 11.4 Å². The average Bonchev–Trinajstić information content (AvgIpc) is 2.94. The van der Waals surface area contributed by atoms with Crippen molar-refractivity contribution in [1.82, 2.24) is 0 Å². The quantitative estimate of drug-likeness (QED) is 0.591. The van der Waals surface area contributed by atoms with E-state index in [4.69, 9.17) is 18.9 Å². The summed E-state index contributed by atoms with van der Waals surface area (Å²) in [7, 11) is 4.71. The van der Waals surface area contributed by atoms with Gasteiger partial charge in [0, 0.05) is 23.3 Å². The maximum Gasteiger partial charge on any atom is 0.323 e. The second kappa shape index (κ2) is 6.80. The monoisotopic (exact) mass is 370 g/mol. The number of aryl methyl sites for hydroxylation is 1. The zero-order valence-corrected chi connectivity index (χ0v) is 16.9. The first-order valence-corrected chi connectivity index (χ1v) is 8.87. The number of ether oxygens (including phenoxy) is 4. The van der Waals surface area contributed by atoms with Crippen molar-refractivity contribution in [2.75, 3.05) is 21.3 Å². The lowest BCUT2D eigenvalue weighted by molar-refractivity contribution is -0.133. The van der Waals surface area contributed by atoms with Crippen LogP contribution in [0.4, 0.5) is 0 Å². The van der Waals surface area contributed by atoms with Crippen LogP contribution in [-0.2, 0) is 10.2 Å². The predicted molar refractivity (Wildman–Crippen MR) is 103 cm³/mol. The first-order chi connectivity index (χ1) is 12.7. The predicted octanol–water partition coefficient (Wildman–Crippen LogP) is 4.37. The number of benzene rings is 2. The van der Waals surface area contributed by atoms with Gasteiger partial charge in [-0.15, -0.1) is 0 Å². The van der Waals surface area contributed by atoms with Crippen LogP contribution in [0.1, 0.15) is 48.9 Å². The lowest BCUT2D eigenvalue weighted by Gasteiger charge is -2.22. The minimum Gasteiger partial charge on any atom is -0.496 e. The van der Waals surface area contributed by atoms with Crippen LogP contribution in [0.3, 0.4) is 0 Å². The van der Waals surface area contributed by atoms with Gasteiger partial charge in [-0.25, -0.2) is 0 Å². The number of rotatable bonds is 4. The molecule has 2 aromatic carbocycles. The molecule has 3 rings (SSSR count). The van der Waals surface area contributed by atoms with Crippen LogP contribution in [0, 0.1) is 6.92 Å². The first kappa shape index (κ1) is 19.1. The van der Waals surface area contributed by atoms with E-state index in [2.05, 4.69) is 26.8 Å². The maximum absolute atomic E-state index is 12.9. The summed E-state index contributed by atoms with van der Waals surface area (Å²) >= 11 is 0. The van der Waals surface area contributed by atoms with E-state index in [1.54, 1.807) is 33.5 Å². The summed E-state index contributed by atoms with van der Waals surface area (Å²) in [5.74, 6) is 1.35. The molecule has 5 heteroatoms. The molecule has 1 aliphatic heterocycles. The van der Waals surface area contributed by atoms with Crippen molar-refractivity contribution in [1.29, 1.82) is 0 Å². The van der Waals surface area contributed by atoms with Gasteiger partial charge < -0.3 is 18.9 Å². The summed E-state index contributed by atoms with van der Waals surface area (Å²) in [6.07, 6.45) is 0. The largest absolute Gasteiger partial charge is 0.496 e. The lowest BCUT2D eigenvalue weighted by atomic mass is 9.81. The van der Waals surface area contributed by atoms with Gasteiger partial charge in [-0.1, -0.05) is 38.5 Å². The van der Waals surface area contributed by atoms with E-state index in [1.807, 2.05) is 13.0 Å². The zero-order chi connectivity index (χ0) is 19.9. The highest BCUT2D eigenvalue weighted by Crippen LogP contribution is 2.50. The van der Waals surface area contributed by atoms with Gasteiger partial charge in [-0.3, -0.25) is 4.79 Å². The van der Waals surface area contributed by atoms with Gasteiger partial charge >= 0.3 is 5.97 Å². The Morgan fingerprint density at radius 3 is 2.00 bits per heavy atom. The number of hydrogen-bond acceptors (Lipinski definition) is 5. The number of carbonyl (C=O) groups is 1. The van der Waals surface area contributed by atoms with Crippen LogP contribution in [0.25, 0.3) is 0 Å². The van der Waals surface area contributed by atoms with Gasteiger partial charge in [0.15, 0.2) is 0 Å². The Balaban J connectivity index is 2.28. The molecule has 1 atom stereocenters. The molecule has 144 valence electrons. The second-order valence-corrected chi connectivity index (χ2v) is 7.78. The van der Waals surface area contributed by atoms with Crippen molar-refractivity contribution >= 4 is 5.97 Å². The molecule has 0 saturated heterocycles. The van der Waals surface area contributed by atoms with Crippen LogP contribution >= 0.6 is 0 Å². The van der Waals surface area contributed by atoms with Crippen LogP contribution in [0.5, 0.6) is 23.0 Å². The first-order valence-electron chi connectivity index (χ1n) is 8.87. The highest BCUT2D eigenvalue weighted by Gasteiger charge is 2.41. The van der Waals surface area contributed by atoms with E-state index in [9.17, 15) is 4.79 Å². The molecule has 2 aromatic rings. The van der Waals surface area contributed by atoms with Gasteiger partial charge in [-0.2, -0.15) is 0 Å². The van der Waals surface area contributed by atoms with Crippen molar-refractivity contribution in [2.45, 2.75) is 39.0 Å². The molecule has 0 spiro atoms. The van der Waals surface area contributed by atoms with Crippen LogP contribution in [-0.4, -0.2) is 27.3 Å². The third kappa shape index (κ3) is 3.22. The van der Waals surface area contributed by atoms with Gasteiger partial charge in [0.2, 0.25) is 0 Å². The van der Waals surface area contributed by atoms with E-state index >= 15 is 0 Å². The number of methoxy groups -OCH3 is 3. The summed E-state index contributed by atoms with van der Waals surface area (Å²) in [5.41, 5.74) is 3.43. The number of fused-ring (bicyclic) bond motifs is 1. The van der Waals surface area contributed by atoms with Crippen LogP contribution < -0.4 is 18.9 Å². The fourth-order valence-corrected chi connectivity index (χ4v) is 3.56. The Kier molecular flexibility index (Phi) is 4.81. The standard InChI is InChI=1S/C22H26O5/c1-12-8-14-18(21(23)27-20(14)15(9-12)22(2,3)4)19-16(25-6)10-13(24-5)11-17(19)26-7/h8-11,18H,1-7H3. The van der Waals surface area contributed by atoms with E-state index in [1.165, 1.54) is 0 Å². The van der Waals surface area contributed by atoms with E-state index < -0.39 is 5.92 Å².